The highest BCUT2D eigenvalue weighted by atomic mass is 16.5. The largest absolute Gasteiger partial charge is 0.481 e. The van der Waals surface area contributed by atoms with Crippen LogP contribution in [0.25, 0.3) is 0 Å². The van der Waals surface area contributed by atoms with Gasteiger partial charge in [-0.15, -0.1) is 0 Å². The highest BCUT2D eigenvalue weighted by Gasteiger charge is 2.66. The molecule has 0 heterocycles. The second-order valence-corrected chi connectivity index (χ2v) is 14.4. The van der Waals surface area contributed by atoms with Crippen molar-refractivity contribution in [3.63, 3.8) is 0 Å². The highest BCUT2D eigenvalue weighted by molar-refractivity contribution is 5.71. The summed E-state index contributed by atoms with van der Waals surface area (Å²) in [6, 6.07) is 0. The maximum absolute atomic E-state index is 12.6. The van der Waals surface area contributed by atoms with Crippen molar-refractivity contribution in [3.8, 4) is 0 Å². The Bertz CT molecular complexity index is 1070. The third-order valence-electron chi connectivity index (χ3n) is 11.9. The molecule has 5 nitrogen and oxygen atoms in total. The van der Waals surface area contributed by atoms with Crippen molar-refractivity contribution >= 4 is 11.9 Å². The van der Waals surface area contributed by atoms with Crippen LogP contribution in [0.5, 0.6) is 0 Å². The van der Waals surface area contributed by atoms with E-state index in [9.17, 15) is 19.8 Å². The van der Waals surface area contributed by atoms with Crippen molar-refractivity contribution in [1.82, 2.24) is 0 Å². The maximum Gasteiger partial charge on any atom is 0.306 e. The molecular formula is C33H50O5. The molecule has 212 valence electrons. The fourth-order valence-electron chi connectivity index (χ4n) is 9.30. The number of carboxylic acids is 1. The van der Waals surface area contributed by atoms with Crippen molar-refractivity contribution in [1.29, 1.82) is 0 Å². The minimum absolute atomic E-state index is 0.0428. The summed E-state index contributed by atoms with van der Waals surface area (Å²) in [6.45, 7) is 21.2. The lowest BCUT2D eigenvalue weighted by Crippen LogP contribution is -2.55. The van der Waals surface area contributed by atoms with Gasteiger partial charge in [-0.2, -0.15) is 0 Å². The fraction of sp³-hybridized carbons (Fsp3) is 0.758. The van der Waals surface area contributed by atoms with Crippen LogP contribution in [0, 0.1) is 45.3 Å². The quantitative estimate of drug-likeness (QED) is 0.273. The molecule has 0 radical (unpaired) electrons. The Balaban J connectivity index is 1.70. The molecule has 38 heavy (non-hydrogen) atoms. The van der Waals surface area contributed by atoms with Crippen LogP contribution >= 0.6 is 0 Å². The number of ether oxygens (including phenoxy) is 1. The highest BCUT2D eigenvalue weighted by Crippen LogP contribution is 2.72. The van der Waals surface area contributed by atoms with E-state index in [1.807, 2.05) is 0 Å². The molecule has 0 saturated heterocycles. The molecule has 0 bridgehead atoms. The van der Waals surface area contributed by atoms with Crippen LogP contribution in [0.1, 0.15) is 100 Å². The number of aliphatic hydroxyl groups excluding tert-OH is 1. The zero-order chi connectivity index (χ0) is 28.4. The van der Waals surface area contributed by atoms with Crippen LogP contribution in [0.15, 0.2) is 35.5 Å². The van der Waals surface area contributed by atoms with Gasteiger partial charge in [0.1, 0.15) is 6.10 Å². The molecular weight excluding hydrogens is 476 g/mol. The zero-order valence-corrected chi connectivity index (χ0v) is 24.9. The molecule has 0 aliphatic heterocycles. The molecule has 1 unspecified atom stereocenters. The Kier molecular flexibility index (Phi) is 7.39. The van der Waals surface area contributed by atoms with Gasteiger partial charge in [0.25, 0.3) is 0 Å². The SMILES string of the molecule is C=C(CC[C@@H](C(=O)O)[C@H]1[C@H](O)C[C@@]2(C)C3=CCC4C(C)(C)[C@@H](OC(C)=O)CC[C@]4(C)C3=CC[C@]12C)C(C)C. The molecule has 0 aromatic carbocycles. The number of hydrogen-bond acceptors (Lipinski definition) is 4. The van der Waals surface area contributed by atoms with Crippen molar-refractivity contribution in [2.75, 3.05) is 0 Å². The van der Waals surface area contributed by atoms with E-state index in [1.165, 1.54) is 18.1 Å². The fourth-order valence-corrected chi connectivity index (χ4v) is 9.30. The summed E-state index contributed by atoms with van der Waals surface area (Å²) in [7, 11) is 0. The lowest BCUT2D eigenvalue weighted by atomic mass is 9.44. The van der Waals surface area contributed by atoms with Gasteiger partial charge in [-0.25, -0.2) is 0 Å². The summed E-state index contributed by atoms with van der Waals surface area (Å²) >= 11 is 0. The normalized spacial score (nSPS) is 40.3. The number of hydrogen-bond donors (Lipinski definition) is 2. The van der Waals surface area contributed by atoms with E-state index in [-0.39, 0.29) is 39.7 Å². The van der Waals surface area contributed by atoms with Gasteiger partial charge in [0, 0.05) is 23.7 Å². The summed E-state index contributed by atoms with van der Waals surface area (Å²) in [5.74, 6) is -1.28. The Hall–Kier alpha value is -1.88. The topological polar surface area (TPSA) is 83.8 Å². The van der Waals surface area contributed by atoms with Crippen molar-refractivity contribution in [3.05, 3.63) is 35.5 Å². The molecule has 0 amide bonds. The van der Waals surface area contributed by atoms with E-state index < -0.39 is 18.0 Å². The molecule has 4 aliphatic carbocycles. The number of aliphatic carboxylic acids is 1. The molecule has 0 aromatic heterocycles. The van der Waals surface area contributed by atoms with E-state index in [0.717, 1.165) is 31.3 Å². The standard InChI is InChI=1S/C33H50O5/c1-19(2)20(3)10-11-22(29(36)37)28-25(35)18-33(9)24-12-13-26-30(5,6)27(38-21(4)34)15-16-31(26,7)23(24)14-17-32(28,33)8/h12,14,19,22,25-28,35H,3,10-11,13,15-18H2,1-2,4-9H3,(H,36,37)/t22-,25-,26?,27+,28+,31-,32-,33+/m1/s1. The number of esters is 1. The van der Waals surface area contributed by atoms with Gasteiger partial charge in [0.2, 0.25) is 0 Å². The average Bonchev–Trinajstić information content (AvgIpc) is 3.01. The number of carbonyl (C=O) groups excluding carboxylic acids is 1. The number of allylic oxidation sites excluding steroid dienone is 5. The first kappa shape index (κ1) is 29.1. The molecule has 8 atom stereocenters. The number of carboxylic acid groups (broad SMARTS) is 1. The number of carbonyl (C=O) groups is 2. The molecule has 2 N–H and O–H groups in total. The van der Waals surface area contributed by atoms with Crippen molar-refractivity contribution in [2.24, 2.45) is 45.3 Å². The molecule has 0 spiro atoms. The van der Waals surface area contributed by atoms with E-state index >= 15 is 0 Å². The van der Waals surface area contributed by atoms with Crippen LogP contribution in [-0.4, -0.2) is 34.4 Å². The Labute approximate surface area is 229 Å². The first-order chi connectivity index (χ1) is 17.5. The molecule has 2 fully saturated rings. The van der Waals surface area contributed by atoms with Gasteiger partial charge >= 0.3 is 11.9 Å². The number of aliphatic hydroxyl groups is 1. The first-order valence-electron chi connectivity index (χ1n) is 14.7. The van der Waals surface area contributed by atoms with E-state index in [0.29, 0.717) is 31.1 Å². The third kappa shape index (κ3) is 4.22. The smallest absolute Gasteiger partial charge is 0.306 e. The third-order valence-corrected chi connectivity index (χ3v) is 11.9. The van der Waals surface area contributed by atoms with Gasteiger partial charge in [0.05, 0.1) is 12.0 Å². The minimum Gasteiger partial charge on any atom is -0.481 e. The van der Waals surface area contributed by atoms with Crippen LogP contribution in [0.4, 0.5) is 0 Å². The second-order valence-electron chi connectivity index (χ2n) is 14.4. The van der Waals surface area contributed by atoms with Gasteiger partial charge in [0.15, 0.2) is 0 Å². The predicted molar refractivity (Wildman–Crippen MR) is 150 cm³/mol. The molecule has 5 heteroatoms. The van der Waals surface area contributed by atoms with Crippen LogP contribution in [-0.2, 0) is 14.3 Å². The molecule has 4 aliphatic rings. The lowest BCUT2D eigenvalue weighted by Gasteiger charge is -2.61. The van der Waals surface area contributed by atoms with Gasteiger partial charge < -0.3 is 14.9 Å². The Morgan fingerprint density at radius 1 is 1.13 bits per heavy atom. The first-order valence-corrected chi connectivity index (χ1v) is 14.7. The average molecular weight is 527 g/mol. The van der Waals surface area contributed by atoms with E-state index in [4.69, 9.17) is 4.74 Å². The van der Waals surface area contributed by atoms with Crippen LogP contribution in [0.2, 0.25) is 0 Å². The monoisotopic (exact) mass is 526 g/mol. The number of rotatable bonds is 7. The zero-order valence-electron chi connectivity index (χ0n) is 24.9. The van der Waals surface area contributed by atoms with Gasteiger partial charge in [-0.1, -0.05) is 72.8 Å². The van der Waals surface area contributed by atoms with Crippen LogP contribution in [0.3, 0.4) is 0 Å². The predicted octanol–water partition coefficient (Wildman–Crippen LogP) is 7.11. The second kappa shape index (κ2) is 9.64. The number of fused-ring (bicyclic) bond motifs is 5. The summed E-state index contributed by atoms with van der Waals surface area (Å²) in [4.78, 5) is 24.5. The van der Waals surface area contributed by atoms with Crippen molar-refractivity contribution < 1.29 is 24.5 Å². The van der Waals surface area contributed by atoms with E-state index in [1.54, 1.807) is 0 Å². The summed E-state index contributed by atoms with van der Waals surface area (Å²) in [6.07, 6.45) is 9.26. The summed E-state index contributed by atoms with van der Waals surface area (Å²) in [5.41, 5.74) is 2.93. The minimum atomic E-state index is -0.805. The van der Waals surface area contributed by atoms with Crippen LogP contribution < -0.4 is 0 Å². The Morgan fingerprint density at radius 3 is 2.37 bits per heavy atom. The lowest BCUT2D eigenvalue weighted by molar-refractivity contribution is -0.165. The van der Waals surface area contributed by atoms with E-state index in [2.05, 4.69) is 67.2 Å². The summed E-state index contributed by atoms with van der Waals surface area (Å²) < 4.78 is 5.80. The summed E-state index contributed by atoms with van der Waals surface area (Å²) in [5, 5.41) is 21.9. The van der Waals surface area contributed by atoms with Gasteiger partial charge in [-0.3, -0.25) is 9.59 Å². The molecule has 2 saturated carbocycles. The van der Waals surface area contributed by atoms with Crippen molar-refractivity contribution in [2.45, 2.75) is 113 Å². The Morgan fingerprint density at radius 2 is 1.79 bits per heavy atom. The molecule has 4 rings (SSSR count). The molecule has 0 aromatic rings. The maximum atomic E-state index is 12.6. The van der Waals surface area contributed by atoms with Gasteiger partial charge in [-0.05, 0) is 78.8 Å².